The molecule has 1 atom stereocenters. The first-order chi connectivity index (χ1) is 14.6. The van der Waals surface area contributed by atoms with E-state index in [0.29, 0.717) is 16.5 Å². The Kier molecular flexibility index (Phi) is 6.21. The minimum atomic E-state index is -0.184. The van der Waals surface area contributed by atoms with Gasteiger partial charge in [-0.15, -0.1) is 23.1 Å². The molecular formula is C25H23NO2S2. The van der Waals surface area contributed by atoms with E-state index in [9.17, 15) is 9.59 Å². The number of carbonyl (C=O) groups is 2. The van der Waals surface area contributed by atoms with Crippen molar-refractivity contribution in [2.24, 2.45) is 0 Å². The summed E-state index contributed by atoms with van der Waals surface area (Å²) in [6, 6.07) is 11.3. The van der Waals surface area contributed by atoms with E-state index in [1.165, 1.54) is 10.7 Å². The summed E-state index contributed by atoms with van der Waals surface area (Å²) in [5.74, 6) is -0.367. The zero-order valence-corrected chi connectivity index (χ0v) is 18.6. The highest BCUT2D eigenvalue weighted by Gasteiger charge is 2.32. The fraction of sp³-hybridized carbons (Fsp3) is 0.200. The normalized spacial score (nSPS) is 18.9. The summed E-state index contributed by atoms with van der Waals surface area (Å²) in [6.45, 7) is 4.09. The molecule has 152 valence electrons. The van der Waals surface area contributed by atoms with Gasteiger partial charge in [-0.3, -0.25) is 9.59 Å². The molecule has 2 aromatic rings. The van der Waals surface area contributed by atoms with Crippen LogP contribution in [0.3, 0.4) is 0 Å². The number of thiophene rings is 1. The van der Waals surface area contributed by atoms with Crippen LogP contribution in [0.2, 0.25) is 0 Å². The second-order valence-corrected chi connectivity index (χ2v) is 9.22. The van der Waals surface area contributed by atoms with Crippen molar-refractivity contribution in [1.29, 1.82) is 0 Å². The average Bonchev–Trinajstić information content (AvgIpc) is 3.51. The molecular weight excluding hydrogens is 410 g/mol. The van der Waals surface area contributed by atoms with E-state index >= 15 is 0 Å². The third-order valence-electron chi connectivity index (χ3n) is 5.19. The number of hydrogen-bond donors (Lipinski definition) is 0. The lowest BCUT2D eigenvalue weighted by atomic mass is 10.1. The monoisotopic (exact) mass is 433 g/mol. The van der Waals surface area contributed by atoms with Crippen LogP contribution in [0.5, 0.6) is 0 Å². The maximum absolute atomic E-state index is 12.6. The van der Waals surface area contributed by atoms with Gasteiger partial charge in [-0.05, 0) is 54.8 Å². The van der Waals surface area contributed by atoms with Gasteiger partial charge in [0.25, 0.3) is 0 Å². The van der Waals surface area contributed by atoms with Gasteiger partial charge in [0.2, 0.25) is 0 Å². The van der Waals surface area contributed by atoms with Gasteiger partial charge in [0.1, 0.15) is 0 Å². The number of Topliss-reactive ketones (excluding diaryl/α,β-unsaturated/α-hetero) is 2. The van der Waals surface area contributed by atoms with Crippen molar-refractivity contribution < 1.29 is 9.59 Å². The van der Waals surface area contributed by atoms with Crippen LogP contribution in [0, 0.1) is 0 Å². The predicted molar refractivity (Wildman–Crippen MR) is 127 cm³/mol. The lowest BCUT2D eigenvalue weighted by molar-refractivity contribution is 0.0988. The minimum absolute atomic E-state index is 0.184. The summed E-state index contributed by atoms with van der Waals surface area (Å²) >= 11 is 3.57. The van der Waals surface area contributed by atoms with E-state index in [1.54, 1.807) is 41.7 Å². The number of rotatable bonds is 6. The number of nitrogens with zero attached hydrogens (tertiary/aromatic N) is 1. The smallest absolute Gasteiger partial charge is 0.197 e. The molecule has 0 saturated carbocycles. The maximum Gasteiger partial charge on any atom is 0.197 e. The van der Waals surface area contributed by atoms with Crippen LogP contribution in [0.1, 0.15) is 47.4 Å². The van der Waals surface area contributed by atoms with Crippen molar-refractivity contribution in [2.45, 2.75) is 32.1 Å². The van der Waals surface area contributed by atoms with Crippen molar-refractivity contribution in [3.05, 3.63) is 99.5 Å². The zero-order valence-electron chi connectivity index (χ0n) is 17.0. The van der Waals surface area contributed by atoms with Gasteiger partial charge in [0.15, 0.2) is 11.6 Å². The third kappa shape index (κ3) is 4.00. The second-order valence-electron chi connectivity index (χ2n) is 7.20. The van der Waals surface area contributed by atoms with E-state index in [2.05, 4.69) is 46.9 Å². The minimum Gasteiger partial charge on any atom is -0.324 e. The van der Waals surface area contributed by atoms with Crippen molar-refractivity contribution in [2.75, 3.05) is 4.90 Å². The number of benzene rings is 1. The van der Waals surface area contributed by atoms with Crippen LogP contribution in [0.4, 0.5) is 5.00 Å². The van der Waals surface area contributed by atoms with Gasteiger partial charge in [0, 0.05) is 16.8 Å². The predicted octanol–water partition coefficient (Wildman–Crippen LogP) is 6.78. The highest BCUT2D eigenvalue weighted by molar-refractivity contribution is 8.03. The number of fused-ring (bicyclic) bond motifs is 1. The Morgan fingerprint density at radius 2 is 1.83 bits per heavy atom. The maximum atomic E-state index is 12.6. The number of allylic oxidation sites excluding steroid dienone is 6. The molecule has 1 aliphatic carbocycles. The lowest BCUT2D eigenvalue weighted by Crippen LogP contribution is -2.29. The zero-order chi connectivity index (χ0) is 21.1. The second kappa shape index (κ2) is 9.02. The summed E-state index contributed by atoms with van der Waals surface area (Å²) in [4.78, 5) is 27.6. The topological polar surface area (TPSA) is 37.4 Å². The van der Waals surface area contributed by atoms with E-state index < -0.39 is 0 Å². The van der Waals surface area contributed by atoms with Gasteiger partial charge in [0.05, 0.1) is 15.9 Å². The summed E-state index contributed by atoms with van der Waals surface area (Å²) in [6.07, 6.45) is 9.94. The SMILES string of the molecule is CC/C(=C\C=C(/C)C=C1C(=O)c2ccccc2C1=O)N(c1cccs1)C1CC=CS1. The van der Waals surface area contributed by atoms with E-state index in [0.717, 1.165) is 18.4 Å². The summed E-state index contributed by atoms with van der Waals surface area (Å²) < 4.78 is 0. The number of hydrogen-bond acceptors (Lipinski definition) is 5. The van der Waals surface area contributed by atoms with Crippen LogP contribution in [-0.2, 0) is 0 Å². The fourth-order valence-electron chi connectivity index (χ4n) is 3.69. The molecule has 0 amide bonds. The average molecular weight is 434 g/mol. The Bertz CT molecular complexity index is 1050. The molecule has 1 unspecified atom stereocenters. The Morgan fingerprint density at radius 1 is 1.10 bits per heavy atom. The van der Waals surface area contributed by atoms with Gasteiger partial charge in [-0.25, -0.2) is 0 Å². The molecule has 0 N–H and O–H groups in total. The van der Waals surface area contributed by atoms with Crippen molar-refractivity contribution >= 4 is 39.7 Å². The molecule has 30 heavy (non-hydrogen) atoms. The molecule has 0 saturated heterocycles. The molecule has 1 aromatic heterocycles. The first-order valence-corrected chi connectivity index (χ1v) is 11.8. The van der Waals surface area contributed by atoms with Crippen molar-refractivity contribution in [1.82, 2.24) is 0 Å². The highest BCUT2D eigenvalue weighted by Crippen LogP contribution is 2.37. The third-order valence-corrected chi connectivity index (χ3v) is 7.12. The number of carbonyl (C=O) groups excluding carboxylic acids is 2. The largest absolute Gasteiger partial charge is 0.324 e. The first kappa shape index (κ1) is 20.6. The van der Waals surface area contributed by atoms with E-state index in [1.807, 2.05) is 24.8 Å². The van der Waals surface area contributed by atoms with Gasteiger partial charge in [-0.1, -0.05) is 48.9 Å². The molecule has 0 spiro atoms. The van der Waals surface area contributed by atoms with Crippen LogP contribution in [0.25, 0.3) is 0 Å². The number of ketones is 2. The molecule has 0 fully saturated rings. The quantitative estimate of drug-likeness (QED) is 0.286. The van der Waals surface area contributed by atoms with Crippen molar-refractivity contribution in [3.63, 3.8) is 0 Å². The summed E-state index contributed by atoms with van der Waals surface area (Å²) in [5, 5.41) is 5.85. The first-order valence-electron chi connectivity index (χ1n) is 10.0. The lowest BCUT2D eigenvalue weighted by Gasteiger charge is -2.31. The molecule has 5 heteroatoms. The van der Waals surface area contributed by atoms with Crippen LogP contribution in [-0.4, -0.2) is 16.9 Å². The summed E-state index contributed by atoms with van der Waals surface area (Å²) in [7, 11) is 0. The number of thioether (sulfide) groups is 1. The molecule has 4 rings (SSSR count). The Hall–Kier alpha value is -2.63. The molecule has 0 radical (unpaired) electrons. The standard InChI is InChI=1S/C25H23NO2S2/c1-3-18(26(22-10-6-14-29-22)23-11-7-15-30-23)13-12-17(2)16-21-24(27)19-8-4-5-9-20(19)25(21)28/h4-10,12-16,23H,3,11H2,1-2H3/b17-12+,18-13+. The van der Waals surface area contributed by atoms with Crippen molar-refractivity contribution in [3.8, 4) is 0 Å². The molecule has 3 nitrogen and oxygen atoms in total. The fourth-order valence-corrected chi connectivity index (χ4v) is 5.57. The molecule has 2 heterocycles. The van der Waals surface area contributed by atoms with Crippen LogP contribution in [0.15, 0.2) is 88.3 Å². The van der Waals surface area contributed by atoms with Crippen LogP contribution < -0.4 is 4.90 Å². The Balaban J connectivity index is 1.62. The van der Waals surface area contributed by atoms with Gasteiger partial charge in [-0.2, -0.15) is 0 Å². The van der Waals surface area contributed by atoms with Gasteiger partial charge < -0.3 is 4.90 Å². The van der Waals surface area contributed by atoms with E-state index in [-0.39, 0.29) is 17.1 Å². The Labute approximate surface area is 185 Å². The molecule has 2 aliphatic rings. The Morgan fingerprint density at radius 3 is 2.40 bits per heavy atom. The number of anilines is 1. The molecule has 0 bridgehead atoms. The van der Waals surface area contributed by atoms with Crippen LogP contribution >= 0.6 is 23.1 Å². The van der Waals surface area contributed by atoms with Gasteiger partial charge >= 0.3 is 0 Å². The molecule has 1 aliphatic heterocycles. The van der Waals surface area contributed by atoms with E-state index in [4.69, 9.17) is 0 Å². The summed E-state index contributed by atoms with van der Waals surface area (Å²) in [5.41, 5.74) is 3.35. The molecule has 1 aromatic carbocycles. The highest BCUT2D eigenvalue weighted by atomic mass is 32.2.